The van der Waals surface area contributed by atoms with Gasteiger partial charge in [-0.25, -0.2) is 4.79 Å². The maximum Gasteiger partial charge on any atom is 0.338 e. The van der Waals surface area contributed by atoms with Crippen molar-refractivity contribution < 1.29 is 27.8 Å². The predicted octanol–water partition coefficient (Wildman–Crippen LogP) is 7.02. The zero-order chi connectivity index (χ0) is 26.6. The van der Waals surface area contributed by atoms with Gasteiger partial charge in [0.15, 0.2) is 10.2 Å². The minimum absolute atomic E-state index is 0.187. The summed E-state index contributed by atoms with van der Waals surface area (Å²) >= 11 is 1.54. The summed E-state index contributed by atoms with van der Waals surface area (Å²) in [5.41, 5.74) is 1.54. The van der Waals surface area contributed by atoms with Crippen LogP contribution in [0.2, 0.25) is 0 Å². The highest BCUT2D eigenvalue weighted by atomic mass is 127. The van der Waals surface area contributed by atoms with Crippen molar-refractivity contribution in [3.05, 3.63) is 144 Å². The largest absolute Gasteiger partial charge is 0.449 e. The third kappa shape index (κ3) is 5.10. The summed E-state index contributed by atoms with van der Waals surface area (Å²) in [6.45, 7) is -0.249. The van der Waals surface area contributed by atoms with Crippen LogP contribution in [0.3, 0.4) is 0 Å². The van der Waals surface area contributed by atoms with Crippen LogP contribution in [0, 0.1) is 0 Å². The minimum atomic E-state index is -3.41. The Labute approximate surface area is 233 Å². The lowest BCUT2D eigenvalue weighted by molar-refractivity contribution is -0.106. The number of hydrogen-bond donors (Lipinski definition) is 0. The van der Waals surface area contributed by atoms with Crippen LogP contribution in [-0.2, 0) is 19.8 Å². The second kappa shape index (κ2) is 11.3. The maximum atomic E-state index is 15.3. The van der Waals surface area contributed by atoms with E-state index in [0.717, 1.165) is 16.7 Å². The van der Waals surface area contributed by atoms with Crippen molar-refractivity contribution >= 4 is 28.6 Å². The summed E-state index contributed by atoms with van der Waals surface area (Å²) in [5.74, 6) is -4.25. The van der Waals surface area contributed by atoms with Crippen LogP contribution in [-0.4, -0.2) is 34.8 Å². The number of benzene rings is 4. The van der Waals surface area contributed by atoms with E-state index in [1.807, 2.05) is 91.0 Å². The third-order valence-corrected chi connectivity index (χ3v) is 7.69. The molecule has 1 aliphatic rings. The Kier molecular flexibility index (Phi) is 7.88. The van der Waals surface area contributed by atoms with Crippen molar-refractivity contribution in [3.63, 3.8) is 0 Å². The van der Waals surface area contributed by atoms with Gasteiger partial charge < -0.3 is 14.2 Å². The molecular formula is C31H25F2IO4. The summed E-state index contributed by atoms with van der Waals surface area (Å²) in [4.78, 5) is 12.8. The topological polar surface area (TPSA) is 44.8 Å². The number of rotatable bonds is 8. The van der Waals surface area contributed by atoms with Crippen LogP contribution in [0.1, 0.15) is 27.0 Å². The first-order valence-corrected chi connectivity index (χ1v) is 13.4. The molecule has 0 spiro atoms. The fraction of sp³-hybridized carbons (Fsp3) is 0.194. The van der Waals surface area contributed by atoms with Gasteiger partial charge in [0.1, 0.15) is 11.7 Å². The second-order valence-corrected chi connectivity index (χ2v) is 10.1. The van der Waals surface area contributed by atoms with Gasteiger partial charge >= 0.3 is 11.9 Å². The van der Waals surface area contributed by atoms with Crippen molar-refractivity contribution in [1.29, 1.82) is 0 Å². The van der Waals surface area contributed by atoms with E-state index in [2.05, 4.69) is 0 Å². The predicted molar refractivity (Wildman–Crippen MR) is 148 cm³/mol. The van der Waals surface area contributed by atoms with E-state index in [1.165, 1.54) is 12.1 Å². The standard InChI is InChI=1S/C31H25F2IO4/c32-31(33)27(38-28(35)22-13-5-1-6-14-22)26(37-29(31)34)21-36-30(23-15-7-2-8-16-23,24-17-9-3-10-18-24)25-19-11-4-12-20-25/h1-20,26-27,29H,21H2/t26-,27?,29?/m1/s1. The Balaban J connectivity index is 1.52. The fourth-order valence-electron chi connectivity index (χ4n) is 4.71. The first kappa shape index (κ1) is 26.5. The van der Waals surface area contributed by atoms with Crippen molar-refractivity contribution in [2.24, 2.45) is 0 Å². The number of hydrogen-bond acceptors (Lipinski definition) is 4. The molecule has 1 saturated heterocycles. The first-order chi connectivity index (χ1) is 18.4. The van der Waals surface area contributed by atoms with Gasteiger partial charge in [-0.1, -0.05) is 109 Å². The van der Waals surface area contributed by atoms with Gasteiger partial charge in [0.05, 0.1) is 12.2 Å². The number of esters is 1. The minimum Gasteiger partial charge on any atom is -0.449 e. The Morgan fingerprint density at radius 1 is 0.763 bits per heavy atom. The van der Waals surface area contributed by atoms with Gasteiger partial charge in [-0.2, -0.15) is 8.78 Å². The Hall–Kier alpha value is -3.14. The number of alkyl halides is 3. The molecule has 0 bridgehead atoms. The van der Waals surface area contributed by atoms with E-state index < -0.39 is 33.8 Å². The van der Waals surface area contributed by atoms with E-state index in [0.29, 0.717) is 0 Å². The van der Waals surface area contributed by atoms with Crippen LogP contribution in [0.5, 0.6) is 0 Å². The lowest BCUT2D eigenvalue weighted by Gasteiger charge is -2.37. The molecule has 2 unspecified atom stereocenters. The summed E-state index contributed by atoms with van der Waals surface area (Å²) in [6, 6.07) is 36.9. The summed E-state index contributed by atoms with van der Waals surface area (Å²) < 4.78 is 46.7. The van der Waals surface area contributed by atoms with E-state index in [1.54, 1.807) is 40.8 Å². The molecule has 1 fully saturated rings. The van der Waals surface area contributed by atoms with Gasteiger partial charge in [-0.05, 0) is 51.4 Å². The summed E-state index contributed by atoms with van der Waals surface area (Å²) in [7, 11) is 0. The quantitative estimate of drug-likeness (QED) is 0.0914. The number of carbonyl (C=O) groups is 1. The fourth-order valence-corrected chi connectivity index (χ4v) is 5.44. The average Bonchev–Trinajstić information content (AvgIpc) is 3.18. The number of ether oxygens (including phenoxy) is 3. The molecule has 4 aromatic carbocycles. The molecule has 194 valence electrons. The smallest absolute Gasteiger partial charge is 0.338 e. The van der Waals surface area contributed by atoms with Gasteiger partial charge in [0.25, 0.3) is 0 Å². The number of carbonyl (C=O) groups excluding carboxylic acids is 1. The molecule has 3 atom stereocenters. The van der Waals surface area contributed by atoms with Crippen molar-refractivity contribution in [1.82, 2.24) is 0 Å². The van der Waals surface area contributed by atoms with Crippen LogP contribution in [0.15, 0.2) is 121 Å². The SMILES string of the molecule is O=C(OC1[C@@H](COC(c2ccccc2)(c2ccccc2)c2ccccc2)OC(I)C1(F)F)c1ccccc1. The van der Waals surface area contributed by atoms with Crippen molar-refractivity contribution in [2.75, 3.05) is 6.61 Å². The Bertz CT molecular complexity index is 1240. The molecule has 0 aliphatic carbocycles. The Morgan fingerprint density at radius 2 is 1.18 bits per heavy atom. The number of halogens is 3. The van der Waals surface area contributed by atoms with Gasteiger partial charge in [-0.15, -0.1) is 0 Å². The lowest BCUT2D eigenvalue weighted by atomic mass is 9.80. The molecular weight excluding hydrogens is 601 g/mol. The molecule has 4 aromatic rings. The van der Waals surface area contributed by atoms with Gasteiger partial charge in [0, 0.05) is 0 Å². The van der Waals surface area contributed by atoms with Crippen LogP contribution in [0.4, 0.5) is 8.78 Å². The van der Waals surface area contributed by atoms with Gasteiger partial charge in [-0.3, -0.25) is 0 Å². The van der Waals surface area contributed by atoms with E-state index in [4.69, 9.17) is 14.2 Å². The van der Waals surface area contributed by atoms with E-state index in [9.17, 15) is 4.79 Å². The average molecular weight is 626 g/mol. The molecule has 4 nitrogen and oxygen atoms in total. The maximum absolute atomic E-state index is 15.3. The van der Waals surface area contributed by atoms with Crippen LogP contribution in [0.25, 0.3) is 0 Å². The zero-order valence-electron chi connectivity index (χ0n) is 20.3. The molecule has 0 N–H and O–H groups in total. The summed E-state index contributed by atoms with van der Waals surface area (Å²) in [6.07, 6.45) is -3.02. The molecule has 0 aromatic heterocycles. The molecule has 5 rings (SSSR count). The Morgan fingerprint density at radius 3 is 1.63 bits per heavy atom. The molecule has 7 heteroatoms. The highest BCUT2D eigenvalue weighted by Crippen LogP contribution is 2.45. The van der Waals surface area contributed by atoms with Crippen LogP contribution >= 0.6 is 22.6 Å². The van der Waals surface area contributed by atoms with Gasteiger partial charge in [0.2, 0.25) is 0 Å². The molecule has 0 saturated carbocycles. The third-order valence-electron chi connectivity index (χ3n) is 6.56. The summed E-state index contributed by atoms with van der Waals surface area (Å²) in [5, 5.41) is 0. The molecule has 0 amide bonds. The highest BCUT2D eigenvalue weighted by molar-refractivity contribution is 14.1. The van der Waals surface area contributed by atoms with E-state index in [-0.39, 0.29) is 12.2 Å². The van der Waals surface area contributed by atoms with Crippen molar-refractivity contribution in [3.8, 4) is 0 Å². The highest BCUT2D eigenvalue weighted by Gasteiger charge is 2.61. The lowest BCUT2D eigenvalue weighted by Crippen LogP contribution is -2.44. The van der Waals surface area contributed by atoms with Crippen LogP contribution < -0.4 is 0 Å². The monoisotopic (exact) mass is 626 g/mol. The molecule has 1 aliphatic heterocycles. The van der Waals surface area contributed by atoms with E-state index >= 15 is 8.78 Å². The second-order valence-electron chi connectivity index (χ2n) is 8.95. The first-order valence-electron chi connectivity index (χ1n) is 12.2. The molecule has 38 heavy (non-hydrogen) atoms. The normalized spacial score (nSPS) is 20.7. The molecule has 1 heterocycles. The van der Waals surface area contributed by atoms with Crippen molar-refractivity contribution in [2.45, 2.75) is 27.8 Å². The molecule has 0 radical (unpaired) electrons. The zero-order valence-corrected chi connectivity index (χ0v) is 22.4.